The second-order valence-corrected chi connectivity index (χ2v) is 6.05. The summed E-state index contributed by atoms with van der Waals surface area (Å²) in [6.45, 7) is 3.35. The number of para-hydroxylation sites is 1. The van der Waals surface area contributed by atoms with Crippen molar-refractivity contribution in [2.24, 2.45) is 5.73 Å². The van der Waals surface area contributed by atoms with Crippen molar-refractivity contribution in [2.75, 3.05) is 52.3 Å². The quantitative estimate of drug-likeness (QED) is 0.813. The van der Waals surface area contributed by atoms with Crippen LogP contribution in [0, 0.1) is 0 Å². The van der Waals surface area contributed by atoms with E-state index in [0.29, 0.717) is 24.3 Å². The smallest absolute Gasteiger partial charge is 0.256 e. The Labute approximate surface area is 142 Å². The summed E-state index contributed by atoms with van der Waals surface area (Å²) in [4.78, 5) is 29.0. The number of amides is 2. The van der Waals surface area contributed by atoms with Crippen LogP contribution in [0.1, 0.15) is 16.8 Å². The monoisotopic (exact) mass is 334 g/mol. The predicted octanol–water partition coefficient (Wildman–Crippen LogP) is 0.377. The minimum Gasteiger partial charge on any atom is -0.383 e. The van der Waals surface area contributed by atoms with Crippen molar-refractivity contribution in [1.82, 2.24) is 9.80 Å². The summed E-state index contributed by atoms with van der Waals surface area (Å²) in [5.74, 6) is -0.436. The van der Waals surface area contributed by atoms with E-state index in [2.05, 4.69) is 17.3 Å². The van der Waals surface area contributed by atoms with Crippen molar-refractivity contribution in [1.29, 1.82) is 0 Å². The number of likely N-dealkylation sites (N-methyl/N-ethyl adjacent to an activating group) is 1. The molecule has 1 unspecified atom stereocenters. The van der Waals surface area contributed by atoms with Crippen molar-refractivity contribution in [3.8, 4) is 0 Å². The van der Waals surface area contributed by atoms with Gasteiger partial charge in [-0.1, -0.05) is 12.1 Å². The summed E-state index contributed by atoms with van der Waals surface area (Å²) in [7, 11) is 3.54. The lowest BCUT2D eigenvalue weighted by Gasteiger charge is -2.22. The van der Waals surface area contributed by atoms with Crippen LogP contribution in [0.5, 0.6) is 0 Å². The van der Waals surface area contributed by atoms with Gasteiger partial charge in [-0.05, 0) is 32.1 Å². The molecule has 7 heteroatoms. The number of anilines is 1. The molecule has 1 atom stereocenters. The Hall–Kier alpha value is -1.96. The van der Waals surface area contributed by atoms with Crippen LogP contribution in [-0.2, 0) is 9.53 Å². The Morgan fingerprint density at radius 3 is 2.75 bits per heavy atom. The van der Waals surface area contributed by atoms with Crippen molar-refractivity contribution in [3.05, 3.63) is 29.8 Å². The third-order valence-electron chi connectivity index (χ3n) is 4.11. The van der Waals surface area contributed by atoms with Crippen LogP contribution in [-0.4, -0.2) is 74.6 Å². The predicted molar refractivity (Wildman–Crippen MR) is 92.9 cm³/mol. The first kappa shape index (κ1) is 18.4. The third kappa shape index (κ3) is 4.77. The summed E-state index contributed by atoms with van der Waals surface area (Å²) in [6, 6.07) is 6.25. The molecular formula is C17H26N4O3. The highest BCUT2D eigenvalue weighted by Crippen LogP contribution is 2.18. The van der Waals surface area contributed by atoms with E-state index in [1.165, 1.54) is 7.11 Å². The molecule has 1 aliphatic heterocycles. The maximum absolute atomic E-state index is 12.9. The minimum atomic E-state index is -0.773. The molecule has 0 radical (unpaired) electrons. The number of nitrogens with two attached hydrogens (primary N) is 1. The summed E-state index contributed by atoms with van der Waals surface area (Å²) in [5.41, 5.74) is 6.71. The molecule has 0 aromatic heterocycles. The molecule has 0 aliphatic carbocycles. The average molecular weight is 334 g/mol. The molecule has 7 nitrogen and oxygen atoms in total. The lowest BCUT2D eigenvalue weighted by molar-refractivity contribution is -0.118. The highest BCUT2D eigenvalue weighted by molar-refractivity contribution is 6.04. The maximum Gasteiger partial charge on any atom is 0.256 e. The molecule has 24 heavy (non-hydrogen) atoms. The number of benzene rings is 1. The highest BCUT2D eigenvalue weighted by Gasteiger charge is 2.22. The number of carbonyl (C=O) groups excluding carboxylic acids is 2. The van der Waals surface area contributed by atoms with Crippen LogP contribution >= 0.6 is 0 Å². The largest absolute Gasteiger partial charge is 0.383 e. The van der Waals surface area contributed by atoms with Gasteiger partial charge in [0.05, 0.1) is 17.9 Å². The molecule has 1 saturated heterocycles. The molecule has 1 fully saturated rings. The van der Waals surface area contributed by atoms with Gasteiger partial charge in [-0.25, -0.2) is 0 Å². The van der Waals surface area contributed by atoms with E-state index in [1.807, 2.05) is 4.90 Å². The SMILES string of the molecule is COCC(N)C(=O)Nc1ccccc1C(=O)N1CCCN(C)CC1. The topological polar surface area (TPSA) is 87.9 Å². The summed E-state index contributed by atoms with van der Waals surface area (Å²) >= 11 is 0. The van der Waals surface area contributed by atoms with Crippen LogP contribution in [0.2, 0.25) is 0 Å². The molecule has 0 bridgehead atoms. The second-order valence-electron chi connectivity index (χ2n) is 6.05. The molecular weight excluding hydrogens is 308 g/mol. The van der Waals surface area contributed by atoms with E-state index in [-0.39, 0.29) is 18.4 Å². The van der Waals surface area contributed by atoms with E-state index in [0.717, 1.165) is 19.5 Å². The third-order valence-corrected chi connectivity index (χ3v) is 4.11. The lowest BCUT2D eigenvalue weighted by Crippen LogP contribution is -2.40. The number of hydrogen-bond acceptors (Lipinski definition) is 5. The van der Waals surface area contributed by atoms with Gasteiger partial charge in [0.15, 0.2) is 0 Å². The van der Waals surface area contributed by atoms with E-state index in [9.17, 15) is 9.59 Å². The fourth-order valence-electron chi connectivity index (χ4n) is 2.68. The van der Waals surface area contributed by atoms with Gasteiger partial charge in [-0.2, -0.15) is 0 Å². The van der Waals surface area contributed by atoms with Crippen LogP contribution in [0.25, 0.3) is 0 Å². The van der Waals surface area contributed by atoms with E-state index >= 15 is 0 Å². The Balaban J connectivity index is 2.12. The van der Waals surface area contributed by atoms with Crippen LogP contribution < -0.4 is 11.1 Å². The van der Waals surface area contributed by atoms with Crippen molar-refractivity contribution < 1.29 is 14.3 Å². The number of nitrogens with zero attached hydrogens (tertiary/aromatic N) is 2. The minimum absolute atomic E-state index is 0.0680. The molecule has 1 aromatic rings. The van der Waals surface area contributed by atoms with Gasteiger partial charge in [0, 0.05) is 26.7 Å². The van der Waals surface area contributed by atoms with Gasteiger partial charge in [0.25, 0.3) is 5.91 Å². The first-order chi connectivity index (χ1) is 11.5. The number of nitrogens with one attached hydrogen (secondary N) is 1. The summed E-state index contributed by atoms with van der Waals surface area (Å²) in [5, 5.41) is 2.74. The number of hydrogen-bond donors (Lipinski definition) is 2. The van der Waals surface area contributed by atoms with Gasteiger partial charge < -0.3 is 25.6 Å². The number of rotatable bonds is 5. The fraction of sp³-hybridized carbons (Fsp3) is 0.529. The van der Waals surface area contributed by atoms with Gasteiger partial charge >= 0.3 is 0 Å². The highest BCUT2D eigenvalue weighted by atomic mass is 16.5. The fourth-order valence-corrected chi connectivity index (χ4v) is 2.68. The average Bonchev–Trinajstić information content (AvgIpc) is 2.79. The normalized spacial score (nSPS) is 17.2. The zero-order chi connectivity index (χ0) is 17.5. The molecule has 0 saturated carbocycles. The van der Waals surface area contributed by atoms with Crippen molar-refractivity contribution in [3.63, 3.8) is 0 Å². The molecule has 0 spiro atoms. The summed E-state index contributed by atoms with van der Waals surface area (Å²) < 4.78 is 4.89. The second kappa shape index (κ2) is 8.77. The Kier molecular flexibility index (Phi) is 6.72. The van der Waals surface area contributed by atoms with Gasteiger partial charge in [0.1, 0.15) is 6.04 Å². The molecule has 2 amide bonds. The van der Waals surface area contributed by atoms with Crippen LogP contribution in [0.3, 0.4) is 0 Å². The molecule has 2 rings (SSSR count). The molecule has 1 aromatic carbocycles. The van der Waals surface area contributed by atoms with Crippen LogP contribution in [0.15, 0.2) is 24.3 Å². The standard InChI is InChI=1S/C17H26N4O3/c1-20-8-5-9-21(11-10-20)17(23)13-6-3-4-7-15(13)19-16(22)14(18)12-24-2/h3-4,6-7,14H,5,8-12,18H2,1-2H3,(H,19,22). The molecule has 132 valence electrons. The van der Waals surface area contributed by atoms with E-state index < -0.39 is 6.04 Å². The Bertz CT molecular complexity index is 579. The van der Waals surface area contributed by atoms with Gasteiger partial charge in [-0.15, -0.1) is 0 Å². The Morgan fingerprint density at radius 2 is 2.00 bits per heavy atom. The van der Waals surface area contributed by atoms with E-state index in [4.69, 9.17) is 10.5 Å². The van der Waals surface area contributed by atoms with Gasteiger partial charge in [0.2, 0.25) is 5.91 Å². The maximum atomic E-state index is 12.9. The zero-order valence-electron chi connectivity index (χ0n) is 14.3. The zero-order valence-corrected chi connectivity index (χ0v) is 14.3. The van der Waals surface area contributed by atoms with E-state index in [1.54, 1.807) is 24.3 Å². The Morgan fingerprint density at radius 1 is 1.25 bits per heavy atom. The van der Waals surface area contributed by atoms with Crippen molar-refractivity contribution in [2.45, 2.75) is 12.5 Å². The van der Waals surface area contributed by atoms with Gasteiger partial charge in [-0.3, -0.25) is 9.59 Å². The molecule has 1 heterocycles. The molecule has 3 N–H and O–H groups in total. The first-order valence-electron chi connectivity index (χ1n) is 8.15. The summed E-state index contributed by atoms with van der Waals surface area (Å²) in [6.07, 6.45) is 0.940. The first-order valence-corrected chi connectivity index (χ1v) is 8.15. The molecule has 1 aliphatic rings. The number of methoxy groups -OCH3 is 1. The lowest BCUT2D eigenvalue weighted by atomic mass is 10.1. The van der Waals surface area contributed by atoms with Crippen LogP contribution in [0.4, 0.5) is 5.69 Å². The number of ether oxygens (including phenoxy) is 1. The number of carbonyl (C=O) groups is 2. The van der Waals surface area contributed by atoms with Crippen molar-refractivity contribution >= 4 is 17.5 Å².